The predicted molar refractivity (Wildman–Crippen MR) is 82.1 cm³/mol. The first-order chi connectivity index (χ1) is 8.16. The molecule has 3 heteroatoms. The first kappa shape index (κ1) is 12.2. The molecule has 0 fully saturated rings. The van der Waals surface area contributed by atoms with Crippen LogP contribution in [0.2, 0.25) is 0 Å². The summed E-state index contributed by atoms with van der Waals surface area (Å²) in [6.45, 7) is 2.92. The van der Waals surface area contributed by atoms with Crippen LogP contribution in [0.25, 0.3) is 0 Å². The molecule has 88 valence electrons. The lowest BCUT2D eigenvalue weighted by molar-refractivity contribution is 1.12. The minimum absolute atomic E-state index is 0.797. The second kappa shape index (κ2) is 5.40. The third-order valence-corrected chi connectivity index (χ3v) is 3.42. The molecule has 0 saturated heterocycles. The van der Waals surface area contributed by atoms with Gasteiger partial charge in [-0.1, -0.05) is 24.3 Å². The first-order valence-electron chi connectivity index (χ1n) is 5.50. The van der Waals surface area contributed by atoms with E-state index in [0.29, 0.717) is 0 Å². The van der Waals surface area contributed by atoms with Gasteiger partial charge in [-0.25, -0.2) is 0 Å². The van der Waals surface area contributed by atoms with Crippen molar-refractivity contribution in [2.75, 3.05) is 11.1 Å². The predicted octanol–water partition coefficient (Wildman–Crippen LogP) is 3.79. The third-order valence-electron chi connectivity index (χ3n) is 2.74. The van der Waals surface area contributed by atoms with Gasteiger partial charge >= 0.3 is 0 Å². The summed E-state index contributed by atoms with van der Waals surface area (Å²) in [4.78, 5) is 0. The summed E-state index contributed by atoms with van der Waals surface area (Å²) in [6, 6.07) is 14.4. The van der Waals surface area contributed by atoms with Gasteiger partial charge in [0.15, 0.2) is 0 Å². The molecule has 0 aliphatic rings. The van der Waals surface area contributed by atoms with Crippen molar-refractivity contribution >= 4 is 34.0 Å². The SMILES string of the molecule is Cc1ccccc1CNc1ccc(I)cc1N. The molecule has 0 aromatic heterocycles. The fourth-order valence-electron chi connectivity index (χ4n) is 1.69. The number of halogens is 1. The molecule has 0 atom stereocenters. The van der Waals surface area contributed by atoms with Gasteiger partial charge in [0.05, 0.1) is 11.4 Å². The molecule has 0 radical (unpaired) electrons. The van der Waals surface area contributed by atoms with Crippen LogP contribution in [-0.4, -0.2) is 0 Å². The standard InChI is InChI=1S/C14H15IN2/c1-10-4-2-3-5-11(10)9-17-14-7-6-12(15)8-13(14)16/h2-8,17H,9,16H2,1H3. The Morgan fingerprint density at radius 2 is 1.94 bits per heavy atom. The van der Waals surface area contributed by atoms with Crippen LogP contribution in [0.5, 0.6) is 0 Å². The fourth-order valence-corrected chi connectivity index (χ4v) is 2.21. The zero-order valence-corrected chi connectivity index (χ0v) is 11.9. The lowest BCUT2D eigenvalue weighted by Gasteiger charge is -2.11. The molecular formula is C14H15IN2. The number of nitrogens with two attached hydrogens (primary N) is 1. The van der Waals surface area contributed by atoms with Crippen molar-refractivity contribution in [1.29, 1.82) is 0 Å². The van der Waals surface area contributed by atoms with Crippen molar-refractivity contribution < 1.29 is 0 Å². The Labute approximate surface area is 115 Å². The maximum atomic E-state index is 5.96. The molecule has 0 aliphatic heterocycles. The minimum Gasteiger partial charge on any atom is -0.397 e. The van der Waals surface area contributed by atoms with Crippen molar-refractivity contribution in [3.63, 3.8) is 0 Å². The zero-order chi connectivity index (χ0) is 12.3. The molecule has 0 bridgehead atoms. The van der Waals surface area contributed by atoms with Crippen LogP contribution in [0.1, 0.15) is 11.1 Å². The molecule has 0 spiro atoms. The van der Waals surface area contributed by atoms with Crippen LogP contribution in [0.4, 0.5) is 11.4 Å². The van der Waals surface area contributed by atoms with E-state index in [1.165, 1.54) is 11.1 Å². The fraction of sp³-hybridized carbons (Fsp3) is 0.143. The lowest BCUT2D eigenvalue weighted by atomic mass is 10.1. The van der Waals surface area contributed by atoms with Crippen molar-refractivity contribution in [2.45, 2.75) is 13.5 Å². The molecular weight excluding hydrogens is 323 g/mol. The average molecular weight is 338 g/mol. The Hall–Kier alpha value is -1.23. The van der Waals surface area contributed by atoms with Gasteiger partial charge in [0.25, 0.3) is 0 Å². The van der Waals surface area contributed by atoms with Gasteiger partial charge < -0.3 is 11.1 Å². The summed E-state index contributed by atoms with van der Waals surface area (Å²) >= 11 is 2.26. The molecule has 0 unspecified atom stereocenters. The highest BCUT2D eigenvalue weighted by Crippen LogP contribution is 2.21. The summed E-state index contributed by atoms with van der Waals surface area (Å²) in [5.74, 6) is 0. The van der Waals surface area contributed by atoms with Gasteiger partial charge in [0, 0.05) is 10.1 Å². The first-order valence-corrected chi connectivity index (χ1v) is 6.58. The van der Waals surface area contributed by atoms with E-state index in [2.05, 4.69) is 65.2 Å². The number of aryl methyl sites for hydroxylation is 1. The highest BCUT2D eigenvalue weighted by molar-refractivity contribution is 14.1. The van der Waals surface area contributed by atoms with Crippen molar-refractivity contribution in [1.82, 2.24) is 0 Å². The maximum Gasteiger partial charge on any atom is 0.0577 e. The van der Waals surface area contributed by atoms with E-state index in [1.807, 2.05) is 12.1 Å². The number of hydrogen-bond acceptors (Lipinski definition) is 2. The second-order valence-corrected chi connectivity index (χ2v) is 5.26. The third kappa shape index (κ3) is 3.12. The summed E-state index contributed by atoms with van der Waals surface area (Å²) in [5.41, 5.74) is 10.3. The molecule has 0 aliphatic carbocycles. The van der Waals surface area contributed by atoms with E-state index in [4.69, 9.17) is 5.73 Å². The topological polar surface area (TPSA) is 38.0 Å². The van der Waals surface area contributed by atoms with Gasteiger partial charge in [0.2, 0.25) is 0 Å². The zero-order valence-electron chi connectivity index (χ0n) is 9.70. The van der Waals surface area contributed by atoms with E-state index in [9.17, 15) is 0 Å². The summed E-state index contributed by atoms with van der Waals surface area (Å²) in [7, 11) is 0. The van der Waals surface area contributed by atoms with Crippen LogP contribution in [0.15, 0.2) is 42.5 Å². The van der Waals surface area contributed by atoms with E-state index in [1.54, 1.807) is 0 Å². The van der Waals surface area contributed by atoms with Gasteiger partial charge in [-0.15, -0.1) is 0 Å². The molecule has 2 aromatic rings. The Bertz CT molecular complexity index is 523. The molecule has 0 amide bonds. The van der Waals surface area contributed by atoms with Gasteiger partial charge in [-0.3, -0.25) is 0 Å². The molecule has 2 nitrogen and oxygen atoms in total. The molecule has 17 heavy (non-hydrogen) atoms. The Kier molecular flexibility index (Phi) is 3.89. The van der Waals surface area contributed by atoms with Crippen LogP contribution in [0, 0.1) is 10.5 Å². The molecule has 0 saturated carbocycles. The van der Waals surface area contributed by atoms with Crippen LogP contribution in [0.3, 0.4) is 0 Å². The van der Waals surface area contributed by atoms with E-state index < -0.39 is 0 Å². The normalized spacial score (nSPS) is 10.2. The van der Waals surface area contributed by atoms with Crippen molar-refractivity contribution in [3.05, 3.63) is 57.2 Å². The van der Waals surface area contributed by atoms with Gasteiger partial charge in [-0.05, 0) is 58.8 Å². The van der Waals surface area contributed by atoms with Crippen LogP contribution in [-0.2, 0) is 6.54 Å². The average Bonchev–Trinajstić information content (AvgIpc) is 2.30. The number of anilines is 2. The largest absolute Gasteiger partial charge is 0.397 e. The quantitative estimate of drug-likeness (QED) is 0.660. The smallest absolute Gasteiger partial charge is 0.0577 e. The van der Waals surface area contributed by atoms with Crippen LogP contribution >= 0.6 is 22.6 Å². The van der Waals surface area contributed by atoms with Gasteiger partial charge in [0.1, 0.15) is 0 Å². The molecule has 2 aromatic carbocycles. The molecule has 3 N–H and O–H groups in total. The Balaban J connectivity index is 2.10. The van der Waals surface area contributed by atoms with Gasteiger partial charge in [-0.2, -0.15) is 0 Å². The van der Waals surface area contributed by atoms with E-state index in [-0.39, 0.29) is 0 Å². The number of nitrogen functional groups attached to an aromatic ring is 1. The molecule has 0 heterocycles. The second-order valence-electron chi connectivity index (χ2n) is 4.01. The lowest BCUT2D eigenvalue weighted by Crippen LogP contribution is -2.03. The van der Waals surface area contributed by atoms with Crippen molar-refractivity contribution in [3.8, 4) is 0 Å². The number of hydrogen-bond donors (Lipinski definition) is 2. The number of rotatable bonds is 3. The molecule has 2 rings (SSSR count). The monoisotopic (exact) mass is 338 g/mol. The summed E-state index contributed by atoms with van der Waals surface area (Å²) in [6.07, 6.45) is 0. The maximum absolute atomic E-state index is 5.96. The summed E-state index contributed by atoms with van der Waals surface area (Å²) < 4.78 is 1.15. The van der Waals surface area contributed by atoms with Crippen LogP contribution < -0.4 is 11.1 Å². The Morgan fingerprint density at radius 3 is 2.65 bits per heavy atom. The summed E-state index contributed by atoms with van der Waals surface area (Å²) in [5, 5.41) is 3.37. The highest BCUT2D eigenvalue weighted by atomic mass is 127. The van der Waals surface area contributed by atoms with E-state index in [0.717, 1.165) is 21.5 Å². The number of nitrogens with one attached hydrogen (secondary N) is 1. The van der Waals surface area contributed by atoms with E-state index >= 15 is 0 Å². The minimum atomic E-state index is 0.797. The number of benzene rings is 2. The highest BCUT2D eigenvalue weighted by Gasteiger charge is 2.01. The van der Waals surface area contributed by atoms with Crippen molar-refractivity contribution in [2.24, 2.45) is 0 Å². The Morgan fingerprint density at radius 1 is 1.18 bits per heavy atom.